The summed E-state index contributed by atoms with van der Waals surface area (Å²) in [6.45, 7) is 1.50. The van der Waals surface area contributed by atoms with Crippen LogP contribution in [0.25, 0.3) is 0 Å². The summed E-state index contributed by atoms with van der Waals surface area (Å²) in [6, 6.07) is 9.11. The van der Waals surface area contributed by atoms with Gasteiger partial charge >= 0.3 is 0 Å². The molecule has 0 spiro atoms. The third-order valence-corrected chi connectivity index (χ3v) is 2.42. The van der Waals surface area contributed by atoms with Crippen molar-refractivity contribution in [2.24, 2.45) is 5.92 Å². The Morgan fingerprint density at radius 1 is 1.40 bits per heavy atom. The van der Waals surface area contributed by atoms with Crippen molar-refractivity contribution in [2.75, 3.05) is 6.54 Å². The van der Waals surface area contributed by atoms with Crippen LogP contribution in [-0.4, -0.2) is 17.8 Å². The van der Waals surface area contributed by atoms with Crippen LogP contribution in [0.2, 0.25) is 0 Å². The van der Waals surface area contributed by atoms with Crippen molar-refractivity contribution in [3.05, 3.63) is 46.0 Å². The van der Waals surface area contributed by atoms with E-state index in [1.165, 1.54) is 0 Å². The summed E-state index contributed by atoms with van der Waals surface area (Å²) < 4.78 is 0. The smallest absolute Gasteiger partial charge is 0.211 e. The number of benzene rings is 1. The topological polar surface area (TPSA) is 60.2 Å². The average Bonchev–Trinajstić information content (AvgIpc) is 2.26. The lowest BCUT2D eigenvalue weighted by Gasteiger charge is -2.15. The van der Waals surface area contributed by atoms with Crippen molar-refractivity contribution < 1.29 is 9.72 Å². The fraction of sp³-hybridized carbons (Fsp3) is 0.364. The predicted octanol–water partition coefficient (Wildman–Crippen LogP) is 1.88. The molecule has 15 heavy (non-hydrogen) atoms. The number of aldehydes is 1. The van der Waals surface area contributed by atoms with Crippen LogP contribution in [0.5, 0.6) is 0 Å². The molecule has 0 aliphatic carbocycles. The molecule has 0 heterocycles. The molecule has 0 unspecified atom stereocenters. The van der Waals surface area contributed by atoms with Crippen LogP contribution in [0.4, 0.5) is 0 Å². The monoisotopic (exact) mass is 207 g/mol. The first-order valence-electron chi connectivity index (χ1n) is 4.77. The fourth-order valence-electron chi connectivity index (χ4n) is 1.53. The van der Waals surface area contributed by atoms with E-state index in [0.717, 1.165) is 11.8 Å². The lowest BCUT2D eigenvalue weighted by atomic mass is 9.88. The molecule has 0 aromatic heterocycles. The molecule has 0 saturated heterocycles. The van der Waals surface area contributed by atoms with Gasteiger partial charge in [0.15, 0.2) is 0 Å². The molecule has 4 heteroatoms. The largest absolute Gasteiger partial charge is 0.303 e. The van der Waals surface area contributed by atoms with Crippen LogP contribution in [0, 0.1) is 16.0 Å². The van der Waals surface area contributed by atoms with Gasteiger partial charge < -0.3 is 4.79 Å². The first-order chi connectivity index (χ1) is 7.15. The number of hydrogen-bond donors (Lipinski definition) is 0. The number of nitro groups is 1. The number of carbonyl (C=O) groups excluding carboxylic acids is 1. The van der Waals surface area contributed by atoms with Gasteiger partial charge in [0.2, 0.25) is 6.54 Å². The van der Waals surface area contributed by atoms with Crippen LogP contribution in [0.15, 0.2) is 30.3 Å². The molecule has 0 N–H and O–H groups in total. The van der Waals surface area contributed by atoms with Crippen LogP contribution in [0.1, 0.15) is 18.4 Å². The minimum atomic E-state index is -0.377. The number of nitrogens with zero attached hydrogens (tertiary/aromatic N) is 1. The number of hydrogen-bond acceptors (Lipinski definition) is 3. The highest BCUT2D eigenvalue weighted by Gasteiger charge is 2.23. The molecule has 0 saturated carbocycles. The summed E-state index contributed by atoms with van der Waals surface area (Å²) in [5, 5.41) is 10.5. The maximum atomic E-state index is 10.7. The van der Waals surface area contributed by atoms with E-state index in [4.69, 9.17) is 0 Å². The third-order valence-electron chi connectivity index (χ3n) is 2.42. The Hall–Kier alpha value is -1.71. The quantitative estimate of drug-likeness (QED) is 0.420. The van der Waals surface area contributed by atoms with E-state index in [0.29, 0.717) is 0 Å². The minimum absolute atomic E-state index is 0.204. The van der Waals surface area contributed by atoms with E-state index in [1.807, 2.05) is 30.3 Å². The van der Waals surface area contributed by atoms with Crippen molar-refractivity contribution >= 4 is 6.29 Å². The van der Waals surface area contributed by atoms with Crippen molar-refractivity contribution in [1.29, 1.82) is 0 Å². The van der Waals surface area contributed by atoms with E-state index >= 15 is 0 Å². The second kappa shape index (κ2) is 5.24. The van der Waals surface area contributed by atoms with E-state index < -0.39 is 0 Å². The van der Waals surface area contributed by atoms with Gasteiger partial charge in [0.25, 0.3) is 0 Å². The predicted molar refractivity (Wildman–Crippen MR) is 56.3 cm³/mol. The van der Waals surface area contributed by atoms with Gasteiger partial charge in [-0.2, -0.15) is 0 Å². The Labute approximate surface area is 88.1 Å². The van der Waals surface area contributed by atoms with Crippen LogP contribution in [-0.2, 0) is 4.79 Å². The Kier molecular flexibility index (Phi) is 3.97. The molecule has 0 fully saturated rings. The minimum Gasteiger partial charge on any atom is -0.303 e. The molecule has 2 atom stereocenters. The van der Waals surface area contributed by atoms with Gasteiger partial charge in [-0.05, 0) is 5.56 Å². The van der Waals surface area contributed by atoms with Crippen LogP contribution in [0.3, 0.4) is 0 Å². The highest BCUT2D eigenvalue weighted by Crippen LogP contribution is 2.23. The second-order valence-corrected chi connectivity index (χ2v) is 3.53. The molecule has 1 rings (SSSR count). The highest BCUT2D eigenvalue weighted by molar-refractivity contribution is 5.55. The van der Waals surface area contributed by atoms with Crippen molar-refractivity contribution in [3.63, 3.8) is 0 Å². The number of rotatable bonds is 5. The van der Waals surface area contributed by atoms with Crippen molar-refractivity contribution in [2.45, 2.75) is 12.8 Å². The Balaban J connectivity index is 2.90. The van der Waals surface area contributed by atoms with Crippen LogP contribution >= 0.6 is 0 Å². The summed E-state index contributed by atoms with van der Waals surface area (Å²) in [5.74, 6) is -0.670. The van der Waals surface area contributed by atoms with E-state index in [9.17, 15) is 14.9 Å². The highest BCUT2D eigenvalue weighted by atomic mass is 16.6. The summed E-state index contributed by atoms with van der Waals surface area (Å²) in [6.07, 6.45) is 0.765. The summed E-state index contributed by atoms with van der Waals surface area (Å²) in [5.41, 5.74) is 0.841. The molecule has 0 bridgehead atoms. The Bertz CT molecular complexity index is 337. The normalized spacial score (nSPS) is 14.2. The fourth-order valence-corrected chi connectivity index (χ4v) is 1.53. The summed E-state index contributed by atoms with van der Waals surface area (Å²) in [4.78, 5) is 20.8. The van der Waals surface area contributed by atoms with Gasteiger partial charge in [-0.25, -0.2) is 0 Å². The van der Waals surface area contributed by atoms with Crippen molar-refractivity contribution in [3.8, 4) is 0 Å². The van der Waals surface area contributed by atoms with Crippen LogP contribution < -0.4 is 0 Å². The zero-order valence-corrected chi connectivity index (χ0v) is 8.50. The zero-order chi connectivity index (χ0) is 11.3. The van der Waals surface area contributed by atoms with E-state index in [1.54, 1.807) is 6.92 Å². The molecule has 0 radical (unpaired) electrons. The molecule has 4 nitrogen and oxygen atoms in total. The molecule has 1 aromatic rings. The maximum absolute atomic E-state index is 10.7. The lowest BCUT2D eigenvalue weighted by Crippen LogP contribution is -2.20. The molecule has 80 valence electrons. The van der Waals surface area contributed by atoms with Gasteiger partial charge in [-0.15, -0.1) is 0 Å². The second-order valence-electron chi connectivity index (χ2n) is 3.53. The zero-order valence-electron chi connectivity index (χ0n) is 8.50. The molecule has 0 aliphatic heterocycles. The maximum Gasteiger partial charge on any atom is 0.211 e. The Morgan fingerprint density at radius 3 is 2.47 bits per heavy atom. The molecule has 1 aromatic carbocycles. The third kappa shape index (κ3) is 3.16. The molecular formula is C11H13NO3. The standard InChI is InChI=1S/C11H13NO3/c1-9(8-13)11(7-12(14)15)10-5-3-2-4-6-10/h2-6,8-9,11H,7H2,1H3/t9-,11-/m1/s1. The van der Waals surface area contributed by atoms with Gasteiger partial charge in [-0.3, -0.25) is 10.1 Å². The average molecular weight is 207 g/mol. The SMILES string of the molecule is C[C@H](C=O)[C@@H](C[N+](=O)[O-])c1ccccc1. The first-order valence-corrected chi connectivity index (χ1v) is 4.77. The number of carbonyl (C=O) groups is 1. The summed E-state index contributed by atoms with van der Waals surface area (Å²) >= 11 is 0. The van der Waals surface area contributed by atoms with Gasteiger partial charge in [0, 0.05) is 10.8 Å². The first kappa shape index (κ1) is 11.4. The Morgan fingerprint density at radius 2 is 2.00 bits per heavy atom. The molecular weight excluding hydrogens is 194 g/mol. The van der Waals surface area contributed by atoms with Crippen molar-refractivity contribution in [1.82, 2.24) is 0 Å². The van der Waals surface area contributed by atoms with E-state index in [-0.39, 0.29) is 23.3 Å². The molecule has 0 aliphatic rings. The van der Waals surface area contributed by atoms with Gasteiger partial charge in [-0.1, -0.05) is 37.3 Å². The van der Waals surface area contributed by atoms with E-state index in [2.05, 4.69) is 0 Å². The van der Waals surface area contributed by atoms with Gasteiger partial charge in [0.05, 0.1) is 5.92 Å². The lowest BCUT2D eigenvalue weighted by molar-refractivity contribution is -0.484. The summed E-state index contributed by atoms with van der Waals surface area (Å²) in [7, 11) is 0. The van der Waals surface area contributed by atoms with Gasteiger partial charge in [0.1, 0.15) is 6.29 Å². The molecule has 0 amide bonds.